The van der Waals surface area contributed by atoms with E-state index in [-0.39, 0.29) is 5.91 Å². The molecule has 0 radical (unpaired) electrons. The summed E-state index contributed by atoms with van der Waals surface area (Å²) in [6.45, 7) is 2.19. The smallest absolute Gasteiger partial charge is 0.248 e. The molecule has 2 rings (SSSR count). The van der Waals surface area contributed by atoms with Crippen LogP contribution in [0.3, 0.4) is 0 Å². The van der Waals surface area contributed by atoms with Crippen LogP contribution in [0, 0.1) is 0 Å². The summed E-state index contributed by atoms with van der Waals surface area (Å²) < 4.78 is 0. The summed E-state index contributed by atoms with van der Waals surface area (Å²) in [6.07, 6.45) is 6.86. The molecule has 0 fully saturated rings. The molecular weight excluding hydrogens is 258 g/mol. The maximum atomic E-state index is 11.8. The van der Waals surface area contributed by atoms with E-state index in [1.165, 1.54) is 18.4 Å². The van der Waals surface area contributed by atoms with Crippen molar-refractivity contribution in [2.24, 2.45) is 0 Å². The van der Waals surface area contributed by atoms with Crippen LogP contribution in [-0.2, 0) is 11.2 Å². The SMILES string of the molecule is CCCCc1ccc(NC(=O)C=Cc2ccccc2)cc1. The van der Waals surface area contributed by atoms with Gasteiger partial charge in [0.1, 0.15) is 0 Å². The summed E-state index contributed by atoms with van der Waals surface area (Å²) in [6, 6.07) is 17.9. The molecule has 2 aromatic carbocycles. The molecule has 0 aromatic heterocycles. The maximum absolute atomic E-state index is 11.8. The Balaban J connectivity index is 1.89. The Morgan fingerprint density at radius 1 is 1.05 bits per heavy atom. The lowest BCUT2D eigenvalue weighted by molar-refractivity contribution is -0.111. The molecule has 0 saturated heterocycles. The van der Waals surface area contributed by atoms with Gasteiger partial charge in [-0.2, -0.15) is 0 Å². The largest absolute Gasteiger partial charge is 0.323 e. The van der Waals surface area contributed by atoms with Crippen LogP contribution in [0.25, 0.3) is 6.08 Å². The van der Waals surface area contributed by atoms with Gasteiger partial charge in [0, 0.05) is 11.8 Å². The lowest BCUT2D eigenvalue weighted by Crippen LogP contribution is -2.07. The van der Waals surface area contributed by atoms with E-state index >= 15 is 0 Å². The predicted molar refractivity (Wildman–Crippen MR) is 89.2 cm³/mol. The van der Waals surface area contributed by atoms with E-state index in [1.807, 2.05) is 48.5 Å². The zero-order chi connectivity index (χ0) is 14.9. The highest BCUT2D eigenvalue weighted by Crippen LogP contribution is 2.12. The first-order valence-electron chi connectivity index (χ1n) is 7.41. The van der Waals surface area contributed by atoms with Crippen LogP contribution in [0.5, 0.6) is 0 Å². The normalized spacial score (nSPS) is 10.7. The number of carbonyl (C=O) groups excluding carboxylic acids is 1. The fourth-order valence-corrected chi connectivity index (χ4v) is 2.06. The van der Waals surface area contributed by atoms with Gasteiger partial charge in [-0.25, -0.2) is 0 Å². The van der Waals surface area contributed by atoms with Crippen molar-refractivity contribution < 1.29 is 4.79 Å². The number of unbranched alkanes of at least 4 members (excludes halogenated alkanes) is 1. The number of benzene rings is 2. The van der Waals surface area contributed by atoms with Crippen LogP contribution in [0.1, 0.15) is 30.9 Å². The Bertz CT molecular complexity index is 585. The van der Waals surface area contributed by atoms with Crippen molar-refractivity contribution in [2.75, 3.05) is 5.32 Å². The lowest BCUT2D eigenvalue weighted by Gasteiger charge is -2.04. The number of hydrogen-bond acceptors (Lipinski definition) is 1. The topological polar surface area (TPSA) is 29.1 Å². The van der Waals surface area contributed by atoms with Crippen LogP contribution in [0.15, 0.2) is 60.7 Å². The summed E-state index contributed by atoms with van der Waals surface area (Å²) in [7, 11) is 0. The molecule has 108 valence electrons. The van der Waals surface area contributed by atoms with Crippen molar-refractivity contribution in [3.05, 3.63) is 71.8 Å². The molecule has 0 atom stereocenters. The third-order valence-corrected chi connectivity index (χ3v) is 3.27. The maximum Gasteiger partial charge on any atom is 0.248 e. The monoisotopic (exact) mass is 279 g/mol. The summed E-state index contributed by atoms with van der Waals surface area (Å²) in [4.78, 5) is 11.8. The predicted octanol–water partition coefficient (Wildman–Crippen LogP) is 4.68. The Hall–Kier alpha value is -2.35. The molecule has 1 N–H and O–H groups in total. The van der Waals surface area contributed by atoms with Gasteiger partial charge in [0.25, 0.3) is 0 Å². The standard InChI is InChI=1S/C19H21NO/c1-2-3-7-17-10-13-18(14-11-17)20-19(21)15-12-16-8-5-4-6-9-16/h4-6,8-15H,2-3,7H2,1H3,(H,20,21). The van der Waals surface area contributed by atoms with Gasteiger partial charge in [0.15, 0.2) is 0 Å². The molecule has 0 spiro atoms. The van der Waals surface area contributed by atoms with E-state index in [0.29, 0.717) is 0 Å². The van der Waals surface area contributed by atoms with Gasteiger partial charge in [-0.1, -0.05) is 55.8 Å². The summed E-state index contributed by atoms with van der Waals surface area (Å²) in [5.41, 5.74) is 3.16. The Kier molecular flexibility index (Phi) is 5.77. The second kappa shape index (κ2) is 8.05. The first kappa shape index (κ1) is 15.0. The van der Waals surface area contributed by atoms with Crippen LogP contribution in [-0.4, -0.2) is 5.91 Å². The zero-order valence-corrected chi connectivity index (χ0v) is 12.4. The first-order valence-corrected chi connectivity index (χ1v) is 7.41. The number of amides is 1. The quantitative estimate of drug-likeness (QED) is 0.764. The molecule has 0 heterocycles. The van der Waals surface area contributed by atoms with Gasteiger partial charge in [-0.05, 0) is 42.2 Å². The van der Waals surface area contributed by atoms with Gasteiger partial charge < -0.3 is 5.32 Å². The third-order valence-electron chi connectivity index (χ3n) is 3.27. The van der Waals surface area contributed by atoms with E-state index in [0.717, 1.165) is 17.7 Å². The Morgan fingerprint density at radius 2 is 1.76 bits per heavy atom. The van der Waals surface area contributed by atoms with Crippen molar-refractivity contribution in [1.29, 1.82) is 0 Å². The van der Waals surface area contributed by atoms with Crippen molar-refractivity contribution in [3.63, 3.8) is 0 Å². The highest BCUT2D eigenvalue weighted by Gasteiger charge is 1.98. The molecule has 0 saturated carbocycles. The second-order valence-electron chi connectivity index (χ2n) is 5.03. The van der Waals surface area contributed by atoms with Crippen LogP contribution in [0.2, 0.25) is 0 Å². The minimum Gasteiger partial charge on any atom is -0.323 e. The Morgan fingerprint density at radius 3 is 2.43 bits per heavy atom. The van der Waals surface area contributed by atoms with E-state index in [1.54, 1.807) is 6.08 Å². The third kappa shape index (κ3) is 5.27. The summed E-state index contributed by atoms with van der Waals surface area (Å²) >= 11 is 0. The molecule has 2 heteroatoms. The molecular formula is C19H21NO. The second-order valence-corrected chi connectivity index (χ2v) is 5.03. The molecule has 21 heavy (non-hydrogen) atoms. The minimum absolute atomic E-state index is 0.111. The molecule has 0 aliphatic carbocycles. The molecule has 0 bridgehead atoms. The fourth-order valence-electron chi connectivity index (χ4n) is 2.06. The van der Waals surface area contributed by atoms with E-state index < -0.39 is 0 Å². The lowest BCUT2D eigenvalue weighted by atomic mass is 10.1. The molecule has 2 nitrogen and oxygen atoms in total. The highest BCUT2D eigenvalue weighted by atomic mass is 16.1. The van der Waals surface area contributed by atoms with E-state index in [4.69, 9.17) is 0 Å². The molecule has 0 unspecified atom stereocenters. The molecule has 0 aliphatic rings. The average Bonchev–Trinajstić information content (AvgIpc) is 2.53. The number of hydrogen-bond donors (Lipinski definition) is 1. The fraction of sp³-hybridized carbons (Fsp3) is 0.211. The number of aryl methyl sites for hydroxylation is 1. The summed E-state index contributed by atoms with van der Waals surface area (Å²) in [5, 5.41) is 2.87. The van der Waals surface area contributed by atoms with Gasteiger partial charge in [-0.15, -0.1) is 0 Å². The van der Waals surface area contributed by atoms with Crippen LogP contribution in [0.4, 0.5) is 5.69 Å². The molecule has 2 aromatic rings. The van der Waals surface area contributed by atoms with Crippen molar-refractivity contribution in [2.45, 2.75) is 26.2 Å². The van der Waals surface area contributed by atoms with E-state index in [2.05, 4.69) is 24.4 Å². The van der Waals surface area contributed by atoms with Gasteiger partial charge in [0.2, 0.25) is 5.91 Å². The van der Waals surface area contributed by atoms with Gasteiger partial charge in [0.05, 0.1) is 0 Å². The number of carbonyl (C=O) groups is 1. The number of rotatable bonds is 6. The molecule has 0 aliphatic heterocycles. The van der Waals surface area contributed by atoms with E-state index in [9.17, 15) is 4.79 Å². The Labute approximate surface area is 126 Å². The van der Waals surface area contributed by atoms with Crippen molar-refractivity contribution in [3.8, 4) is 0 Å². The van der Waals surface area contributed by atoms with Crippen LogP contribution >= 0.6 is 0 Å². The van der Waals surface area contributed by atoms with Crippen LogP contribution < -0.4 is 5.32 Å². The van der Waals surface area contributed by atoms with Gasteiger partial charge >= 0.3 is 0 Å². The average molecular weight is 279 g/mol. The molecule has 1 amide bonds. The number of anilines is 1. The first-order chi connectivity index (χ1) is 10.3. The van der Waals surface area contributed by atoms with Gasteiger partial charge in [-0.3, -0.25) is 4.79 Å². The minimum atomic E-state index is -0.111. The van der Waals surface area contributed by atoms with Crippen molar-refractivity contribution >= 4 is 17.7 Å². The number of nitrogens with one attached hydrogen (secondary N) is 1. The van der Waals surface area contributed by atoms with Crippen molar-refractivity contribution in [1.82, 2.24) is 0 Å². The zero-order valence-electron chi connectivity index (χ0n) is 12.4. The summed E-state index contributed by atoms with van der Waals surface area (Å²) in [5.74, 6) is -0.111. The highest BCUT2D eigenvalue weighted by molar-refractivity contribution is 6.01.